The maximum atomic E-state index is 5.54. The van der Waals surface area contributed by atoms with Crippen molar-refractivity contribution in [1.29, 1.82) is 0 Å². The smallest absolute Gasteiger partial charge is 0.123 e. The molecule has 0 aromatic heterocycles. The third-order valence-corrected chi connectivity index (χ3v) is 2.86. The second-order valence-electron chi connectivity index (χ2n) is 3.27. The van der Waals surface area contributed by atoms with Crippen LogP contribution in [0.25, 0.3) is 0 Å². The van der Waals surface area contributed by atoms with Crippen LogP contribution in [0.3, 0.4) is 0 Å². The quantitative estimate of drug-likeness (QED) is 0.863. The highest BCUT2D eigenvalue weighted by atomic mass is 79.9. The topological polar surface area (TPSA) is 35.2 Å². The SMILES string of the molecule is NCCC1COc2ccc(Br)cc21. The Balaban J connectivity index is 2.29. The van der Waals surface area contributed by atoms with Crippen LogP contribution in [0.1, 0.15) is 17.9 Å². The molecule has 0 saturated heterocycles. The third kappa shape index (κ3) is 1.71. The Kier molecular flexibility index (Phi) is 2.56. The van der Waals surface area contributed by atoms with Crippen LogP contribution in [-0.4, -0.2) is 13.2 Å². The van der Waals surface area contributed by atoms with Crippen molar-refractivity contribution in [2.45, 2.75) is 12.3 Å². The first kappa shape index (κ1) is 9.03. The maximum Gasteiger partial charge on any atom is 0.123 e. The second-order valence-corrected chi connectivity index (χ2v) is 4.18. The summed E-state index contributed by atoms with van der Waals surface area (Å²) < 4.78 is 6.65. The van der Waals surface area contributed by atoms with Crippen molar-refractivity contribution < 1.29 is 4.74 Å². The van der Waals surface area contributed by atoms with E-state index in [2.05, 4.69) is 22.0 Å². The number of ether oxygens (including phenoxy) is 1. The van der Waals surface area contributed by atoms with Crippen LogP contribution in [0, 0.1) is 0 Å². The first-order chi connectivity index (χ1) is 6.31. The van der Waals surface area contributed by atoms with Crippen LogP contribution >= 0.6 is 15.9 Å². The fraction of sp³-hybridized carbons (Fsp3) is 0.400. The minimum absolute atomic E-state index is 0.484. The molecule has 0 radical (unpaired) electrons. The highest BCUT2D eigenvalue weighted by Gasteiger charge is 2.23. The Hall–Kier alpha value is -0.540. The number of halogens is 1. The minimum atomic E-state index is 0.484. The van der Waals surface area contributed by atoms with E-state index in [1.807, 2.05) is 12.1 Å². The number of nitrogens with two attached hydrogens (primary N) is 1. The van der Waals surface area contributed by atoms with Gasteiger partial charge in [0.05, 0.1) is 6.61 Å². The van der Waals surface area contributed by atoms with Gasteiger partial charge in [-0.05, 0) is 31.2 Å². The van der Waals surface area contributed by atoms with Crippen molar-refractivity contribution in [3.8, 4) is 5.75 Å². The zero-order valence-corrected chi connectivity index (χ0v) is 8.88. The van der Waals surface area contributed by atoms with Crippen LogP contribution in [-0.2, 0) is 0 Å². The summed E-state index contributed by atoms with van der Waals surface area (Å²) in [5.41, 5.74) is 6.83. The summed E-state index contributed by atoms with van der Waals surface area (Å²) in [4.78, 5) is 0. The summed E-state index contributed by atoms with van der Waals surface area (Å²) in [5, 5.41) is 0. The molecule has 1 aromatic carbocycles. The standard InChI is InChI=1S/C10H12BrNO/c11-8-1-2-10-9(5-8)7(3-4-12)6-13-10/h1-2,5,7H,3-4,6,12H2. The molecule has 1 heterocycles. The maximum absolute atomic E-state index is 5.54. The average molecular weight is 242 g/mol. The van der Waals surface area contributed by atoms with E-state index in [9.17, 15) is 0 Å². The third-order valence-electron chi connectivity index (χ3n) is 2.37. The Bertz CT molecular complexity index is 312. The van der Waals surface area contributed by atoms with Gasteiger partial charge in [-0.1, -0.05) is 15.9 Å². The van der Waals surface area contributed by atoms with Crippen molar-refractivity contribution in [2.24, 2.45) is 5.73 Å². The largest absolute Gasteiger partial charge is 0.493 e. The zero-order valence-electron chi connectivity index (χ0n) is 7.29. The van der Waals surface area contributed by atoms with Gasteiger partial charge in [-0.15, -0.1) is 0 Å². The van der Waals surface area contributed by atoms with Crippen molar-refractivity contribution in [1.82, 2.24) is 0 Å². The van der Waals surface area contributed by atoms with E-state index in [4.69, 9.17) is 10.5 Å². The summed E-state index contributed by atoms with van der Waals surface area (Å²) >= 11 is 3.46. The summed E-state index contributed by atoms with van der Waals surface area (Å²) in [6, 6.07) is 6.14. The molecule has 0 bridgehead atoms. The molecule has 1 aliphatic rings. The van der Waals surface area contributed by atoms with Crippen molar-refractivity contribution in [3.63, 3.8) is 0 Å². The Morgan fingerprint density at radius 2 is 2.38 bits per heavy atom. The molecule has 1 unspecified atom stereocenters. The minimum Gasteiger partial charge on any atom is -0.493 e. The molecule has 0 fully saturated rings. The van der Waals surface area contributed by atoms with Crippen molar-refractivity contribution >= 4 is 15.9 Å². The highest BCUT2D eigenvalue weighted by molar-refractivity contribution is 9.10. The second kappa shape index (κ2) is 3.68. The lowest BCUT2D eigenvalue weighted by Gasteiger charge is -2.05. The van der Waals surface area contributed by atoms with Gasteiger partial charge >= 0.3 is 0 Å². The predicted molar refractivity (Wildman–Crippen MR) is 56.0 cm³/mol. The van der Waals surface area contributed by atoms with E-state index in [0.29, 0.717) is 5.92 Å². The molecule has 2 nitrogen and oxygen atoms in total. The van der Waals surface area contributed by atoms with E-state index in [-0.39, 0.29) is 0 Å². The van der Waals surface area contributed by atoms with E-state index in [1.165, 1.54) is 5.56 Å². The van der Waals surface area contributed by atoms with Gasteiger partial charge in [0.1, 0.15) is 5.75 Å². The molecule has 1 aliphatic heterocycles. The van der Waals surface area contributed by atoms with Gasteiger partial charge in [0.15, 0.2) is 0 Å². The van der Waals surface area contributed by atoms with Gasteiger partial charge in [-0.2, -0.15) is 0 Å². The Labute approximate surface area is 86.2 Å². The highest BCUT2D eigenvalue weighted by Crippen LogP contribution is 2.37. The van der Waals surface area contributed by atoms with Crippen LogP contribution in [0.2, 0.25) is 0 Å². The van der Waals surface area contributed by atoms with E-state index in [0.717, 1.165) is 29.8 Å². The van der Waals surface area contributed by atoms with Crippen LogP contribution in [0.15, 0.2) is 22.7 Å². The van der Waals surface area contributed by atoms with Gasteiger partial charge in [0, 0.05) is 16.0 Å². The van der Waals surface area contributed by atoms with Gasteiger partial charge in [0.2, 0.25) is 0 Å². The first-order valence-electron chi connectivity index (χ1n) is 4.43. The Morgan fingerprint density at radius 1 is 1.54 bits per heavy atom. The van der Waals surface area contributed by atoms with E-state index < -0.39 is 0 Å². The molecule has 1 atom stereocenters. The van der Waals surface area contributed by atoms with Gasteiger partial charge < -0.3 is 10.5 Å². The summed E-state index contributed by atoms with van der Waals surface area (Å²) in [6.45, 7) is 1.50. The molecule has 0 aliphatic carbocycles. The van der Waals surface area contributed by atoms with Crippen molar-refractivity contribution in [2.75, 3.05) is 13.2 Å². The summed E-state index contributed by atoms with van der Waals surface area (Å²) in [6.07, 6.45) is 1.00. The normalized spacial score (nSPS) is 19.7. The molecule has 70 valence electrons. The average Bonchev–Trinajstić information content (AvgIpc) is 2.49. The molecule has 0 saturated carbocycles. The number of rotatable bonds is 2. The molecule has 1 aromatic rings. The lowest BCUT2D eigenvalue weighted by atomic mass is 9.98. The van der Waals surface area contributed by atoms with Crippen LogP contribution < -0.4 is 10.5 Å². The molecule has 13 heavy (non-hydrogen) atoms. The lowest BCUT2D eigenvalue weighted by Crippen LogP contribution is -2.08. The Morgan fingerprint density at radius 3 is 3.15 bits per heavy atom. The van der Waals surface area contributed by atoms with E-state index >= 15 is 0 Å². The predicted octanol–water partition coefficient (Wildman–Crippen LogP) is 2.27. The molecule has 2 N–H and O–H groups in total. The van der Waals surface area contributed by atoms with Gasteiger partial charge in [-0.3, -0.25) is 0 Å². The number of hydrogen-bond acceptors (Lipinski definition) is 2. The molecule has 3 heteroatoms. The molecular weight excluding hydrogens is 230 g/mol. The zero-order chi connectivity index (χ0) is 9.26. The summed E-state index contributed by atoms with van der Waals surface area (Å²) in [7, 11) is 0. The number of benzene rings is 1. The van der Waals surface area contributed by atoms with Crippen LogP contribution in [0.5, 0.6) is 5.75 Å². The molecular formula is C10H12BrNO. The monoisotopic (exact) mass is 241 g/mol. The summed E-state index contributed by atoms with van der Waals surface area (Å²) in [5.74, 6) is 1.50. The first-order valence-corrected chi connectivity index (χ1v) is 5.23. The number of fused-ring (bicyclic) bond motifs is 1. The molecule has 0 spiro atoms. The molecule has 0 amide bonds. The van der Waals surface area contributed by atoms with Gasteiger partial charge in [-0.25, -0.2) is 0 Å². The molecule has 2 rings (SSSR count). The van der Waals surface area contributed by atoms with Gasteiger partial charge in [0.25, 0.3) is 0 Å². The van der Waals surface area contributed by atoms with Crippen molar-refractivity contribution in [3.05, 3.63) is 28.2 Å². The fourth-order valence-electron chi connectivity index (χ4n) is 1.69. The lowest BCUT2D eigenvalue weighted by molar-refractivity contribution is 0.326. The van der Waals surface area contributed by atoms with E-state index in [1.54, 1.807) is 0 Å². The number of hydrogen-bond donors (Lipinski definition) is 1. The van der Waals surface area contributed by atoms with Crippen LogP contribution in [0.4, 0.5) is 0 Å². The fourth-order valence-corrected chi connectivity index (χ4v) is 2.07.